The number of hydrazine groups is 3. The number of H-pyrrole nitrogens is 1. The average Bonchev–Trinajstić information content (AvgIpc) is 3.03. The zero-order chi connectivity index (χ0) is 13.4. The molecule has 18 heavy (non-hydrogen) atoms. The summed E-state index contributed by atoms with van der Waals surface area (Å²) in [4.78, 5) is 0. The molecule has 0 aromatic carbocycles. The van der Waals surface area contributed by atoms with Gasteiger partial charge in [0.1, 0.15) is 5.84 Å². The van der Waals surface area contributed by atoms with Crippen molar-refractivity contribution in [1.82, 2.24) is 31.5 Å². The van der Waals surface area contributed by atoms with Crippen LogP contribution in [0.1, 0.15) is 26.7 Å². The van der Waals surface area contributed by atoms with Crippen molar-refractivity contribution >= 4 is 11.7 Å². The highest BCUT2D eigenvalue weighted by atomic mass is 15.9. The van der Waals surface area contributed by atoms with Gasteiger partial charge in [-0.3, -0.25) is 10.4 Å². The molecule has 0 fully saturated rings. The Kier molecular flexibility index (Phi) is 5.88. The van der Waals surface area contributed by atoms with Gasteiger partial charge in [0, 0.05) is 20.0 Å². The Morgan fingerprint density at radius 1 is 1.44 bits per heavy atom. The molecule has 1 aliphatic heterocycles. The number of aromatic amines is 1. The maximum Gasteiger partial charge on any atom is 0.184 e. The van der Waals surface area contributed by atoms with Gasteiger partial charge in [-0.15, -0.1) is 15.3 Å². The maximum atomic E-state index is 5.78. The van der Waals surface area contributed by atoms with E-state index in [-0.39, 0.29) is 0 Å². The summed E-state index contributed by atoms with van der Waals surface area (Å²) in [6.07, 6.45) is 3.29. The normalized spacial score (nSPS) is 14.1. The van der Waals surface area contributed by atoms with E-state index in [2.05, 4.69) is 31.5 Å². The Labute approximate surface area is 106 Å². The first-order valence-corrected chi connectivity index (χ1v) is 5.96. The highest BCUT2D eigenvalue weighted by Crippen LogP contribution is 2.04. The van der Waals surface area contributed by atoms with E-state index in [0.717, 1.165) is 18.7 Å². The maximum absolute atomic E-state index is 5.78. The number of anilines is 1. The molecule has 1 aromatic heterocycles. The van der Waals surface area contributed by atoms with Crippen molar-refractivity contribution in [2.75, 3.05) is 18.6 Å². The van der Waals surface area contributed by atoms with E-state index >= 15 is 0 Å². The fourth-order valence-corrected chi connectivity index (χ4v) is 1.36. The monoisotopic (exact) mass is 255 g/mol. The van der Waals surface area contributed by atoms with Crippen LogP contribution in [0, 0.1) is 0 Å². The zero-order valence-electron chi connectivity index (χ0n) is 11.0. The number of nitrogens with two attached hydrogens (primary N) is 1. The van der Waals surface area contributed by atoms with E-state index in [9.17, 15) is 0 Å². The first-order valence-electron chi connectivity index (χ1n) is 5.96. The van der Waals surface area contributed by atoms with Crippen LogP contribution in [0.25, 0.3) is 0 Å². The van der Waals surface area contributed by atoms with Crippen LogP contribution in [-0.4, -0.2) is 40.0 Å². The number of hydrazone groups is 1. The van der Waals surface area contributed by atoms with Gasteiger partial charge in [0.15, 0.2) is 5.82 Å². The molecular formula is C9H21N9. The minimum absolute atomic E-state index is 0.636. The van der Waals surface area contributed by atoms with Crippen LogP contribution in [0.2, 0.25) is 0 Å². The molecule has 1 aromatic rings. The van der Waals surface area contributed by atoms with Gasteiger partial charge in [-0.05, 0) is 6.42 Å². The second kappa shape index (κ2) is 7.45. The number of hydrogen-bond donors (Lipinski definition) is 4. The quantitative estimate of drug-likeness (QED) is 0.417. The number of nitrogens with one attached hydrogen (secondary N) is 3. The highest BCUT2D eigenvalue weighted by Gasteiger charge is 2.10. The number of rotatable bonds is 5. The lowest BCUT2D eigenvalue weighted by Crippen LogP contribution is -2.38. The van der Waals surface area contributed by atoms with Gasteiger partial charge in [0.25, 0.3) is 0 Å². The number of hydrogen-bond acceptors (Lipinski definition) is 8. The molecule has 0 radical (unpaired) electrons. The van der Waals surface area contributed by atoms with Crippen LogP contribution in [0.4, 0.5) is 5.82 Å². The SMILES string of the molecule is CC.CN1NN=C(CCCN(N)c2cn[nH]n2)N1. The summed E-state index contributed by atoms with van der Waals surface area (Å²) in [6, 6.07) is 0. The Bertz CT molecular complexity index is 347. The summed E-state index contributed by atoms with van der Waals surface area (Å²) >= 11 is 0. The topological polar surface area (TPSA) is 110 Å². The third-order valence-electron chi connectivity index (χ3n) is 2.14. The fraction of sp³-hybridized carbons (Fsp3) is 0.667. The lowest BCUT2D eigenvalue weighted by atomic mass is 10.3. The van der Waals surface area contributed by atoms with E-state index in [1.807, 2.05) is 20.9 Å². The van der Waals surface area contributed by atoms with Gasteiger partial charge in [0.2, 0.25) is 0 Å². The lowest BCUT2D eigenvalue weighted by Gasteiger charge is -2.14. The van der Waals surface area contributed by atoms with E-state index in [1.54, 1.807) is 16.3 Å². The van der Waals surface area contributed by atoms with Crippen molar-refractivity contribution in [3.8, 4) is 0 Å². The highest BCUT2D eigenvalue weighted by molar-refractivity contribution is 5.82. The zero-order valence-corrected chi connectivity index (χ0v) is 11.0. The predicted molar refractivity (Wildman–Crippen MR) is 70.0 cm³/mol. The first kappa shape index (κ1) is 14.2. The molecule has 2 rings (SSSR count). The van der Waals surface area contributed by atoms with Crippen LogP contribution in [0.5, 0.6) is 0 Å². The molecule has 1 aliphatic rings. The van der Waals surface area contributed by atoms with Crippen LogP contribution in [0.3, 0.4) is 0 Å². The Morgan fingerprint density at radius 3 is 2.78 bits per heavy atom. The summed E-state index contributed by atoms with van der Waals surface area (Å²) in [5.74, 6) is 7.31. The van der Waals surface area contributed by atoms with Gasteiger partial charge in [0.05, 0.1) is 6.20 Å². The summed E-state index contributed by atoms with van der Waals surface area (Å²) in [6.45, 7) is 4.69. The second-order valence-corrected chi connectivity index (χ2v) is 3.45. The van der Waals surface area contributed by atoms with Gasteiger partial charge in [-0.25, -0.2) is 11.4 Å². The fourth-order valence-electron chi connectivity index (χ4n) is 1.36. The Balaban J connectivity index is 0.000000771. The predicted octanol–water partition coefficient (Wildman–Crippen LogP) is -0.441. The third kappa shape index (κ3) is 4.18. The number of nitrogens with zero attached hydrogens (tertiary/aromatic N) is 5. The molecule has 0 spiro atoms. The van der Waals surface area contributed by atoms with Crippen molar-refractivity contribution < 1.29 is 0 Å². The molecule has 0 atom stereocenters. The molecule has 102 valence electrons. The van der Waals surface area contributed by atoms with Gasteiger partial charge in [-0.2, -0.15) is 10.3 Å². The van der Waals surface area contributed by atoms with Gasteiger partial charge >= 0.3 is 0 Å². The molecule has 0 aliphatic carbocycles. The van der Waals surface area contributed by atoms with Crippen molar-refractivity contribution in [2.24, 2.45) is 10.9 Å². The summed E-state index contributed by atoms with van der Waals surface area (Å²) in [5.41, 5.74) is 5.81. The van der Waals surface area contributed by atoms with Crippen LogP contribution >= 0.6 is 0 Å². The van der Waals surface area contributed by atoms with Crippen LogP contribution < -0.4 is 21.8 Å². The second-order valence-electron chi connectivity index (χ2n) is 3.45. The van der Waals surface area contributed by atoms with Crippen molar-refractivity contribution in [3.63, 3.8) is 0 Å². The number of aromatic nitrogens is 3. The first-order chi connectivity index (χ1) is 8.75. The van der Waals surface area contributed by atoms with Crippen molar-refractivity contribution in [3.05, 3.63) is 6.20 Å². The molecule has 2 heterocycles. The van der Waals surface area contributed by atoms with Crippen LogP contribution in [-0.2, 0) is 0 Å². The van der Waals surface area contributed by atoms with Gasteiger partial charge in [-0.1, -0.05) is 13.8 Å². The largest absolute Gasteiger partial charge is 0.292 e. The molecule has 9 nitrogen and oxygen atoms in total. The Morgan fingerprint density at radius 2 is 2.22 bits per heavy atom. The summed E-state index contributed by atoms with van der Waals surface area (Å²) in [7, 11) is 1.85. The lowest BCUT2D eigenvalue weighted by molar-refractivity contribution is 0.231. The molecule has 0 saturated carbocycles. The summed E-state index contributed by atoms with van der Waals surface area (Å²) < 4.78 is 0. The Hall–Kier alpha value is -1.87. The molecule has 0 saturated heterocycles. The standard InChI is InChI=1S/C7H15N9.C2H6/c1-15-12-6(10-14-15)3-2-4-16(8)7-5-9-13-11-7;1-2/h5,14H,2-4,8H2,1H3,(H,10,12)(H,9,11,13);1-2H3. The van der Waals surface area contributed by atoms with E-state index < -0.39 is 0 Å². The minimum atomic E-state index is 0.636. The molecular weight excluding hydrogens is 234 g/mol. The summed E-state index contributed by atoms with van der Waals surface area (Å²) in [5, 5.41) is 17.4. The third-order valence-corrected chi connectivity index (χ3v) is 2.14. The molecule has 0 amide bonds. The van der Waals surface area contributed by atoms with E-state index in [4.69, 9.17) is 5.84 Å². The van der Waals surface area contributed by atoms with Crippen molar-refractivity contribution in [2.45, 2.75) is 26.7 Å². The van der Waals surface area contributed by atoms with E-state index in [0.29, 0.717) is 12.4 Å². The smallest absolute Gasteiger partial charge is 0.184 e. The van der Waals surface area contributed by atoms with Crippen LogP contribution in [0.15, 0.2) is 11.3 Å². The minimum Gasteiger partial charge on any atom is -0.292 e. The number of amidine groups is 1. The average molecular weight is 255 g/mol. The molecule has 9 heteroatoms. The molecule has 0 bridgehead atoms. The molecule has 5 N–H and O–H groups in total. The van der Waals surface area contributed by atoms with E-state index in [1.165, 1.54) is 0 Å². The van der Waals surface area contributed by atoms with Crippen molar-refractivity contribution in [1.29, 1.82) is 0 Å². The molecule has 0 unspecified atom stereocenters. The van der Waals surface area contributed by atoms with Gasteiger partial charge < -0.3 is 0 Å².